The number of ether oxygens (including phenoxy) is 7. The number of ketones is 5. The first-order valence-electron chi connectivity index (χ1n) is 40.8. The van der Waals surface area contributed by atoms with Crippen LogP contribution in [0.25, 0.3) is 44.5 Å². The quantitative estimate of drug-likeness (QED) is 0.0197. The average Bonchev–Trinajstić information content (AvgIpc) is 1.70. The second kappa shape index (κ2) is 41.8. The molecule has 2 saturated carbocycles. The molecule has 9 aromatic rings. The number of hydrogen-bond donors (Lipinski definition) is 1. The molecule has 0 amide bonds. The minimum atomic E-state index is -1.04. The highest BCUT2D eigenvalue weighted by Crippen LogP contribution is 2.53. The Labute approximate surface area is 757 Å². The number of carboxylic acid groups (broad SMARTS) is 1. The molecule has 0 bridgehead atoms. The van der Waals surface area contributed by atoms with E-state index in [1.165, 1.54) is 136 Å². The molecular formula is C98H108Cl4N4O21. The molecule has 0 saturated heterocycles. The van der Waals surface area contributed by atoms with Gasteiger partial charge < -0.3 is 47.4 Å². The number of hydrogen-bond acceptors (Lipinski definition) is 20. The maximum atomic E-state index is 13.6. The van der Waals surface area contributed by atoms with Crippen LogP contribution in [0.15, 0.2) is 177 Å². The van der Waals surface area contributed by atoms with E-state index in [0.717, 1.165) is 31.3 Å². The summed E-state index contributed by atoms with van der Waals surface area (Å²) in [4.78, 5) is 163. The van der Waals surface area contributed by atoms with Gasteiger partial charge in [0, 0.05) is 95.3 Å². The van der Waals surface area contributed by atoms with Crippen LogP contribution in [0.3, 0.4) is 0 Å². The van der Waals surface area contributed by atoms with E-state index in [4.69, 9.17) is 84.7 Å². The lowest BCUT2D eigenvalue weighted by Crippen LogP contribution is -2.36. The van der Waals surface area contributed by atoms with Crippen LogP contribution in [0.1, 0.15) is 231 Å². The van der Waals surface area contributed by atoms with Gasteiger partial charge in [0.2, 0.25) is 0 Å². The van der Waals surface area contributed by atoms with Gasteiger partial charge in [-0.25, -0.2) is 14.4 Å². The summed E-state index contributed by atoms with van der Waals surface area (Å²) in [7, 11) is 5.84. The predicted molar refractivity (Wildman–Crippen MR) is 491 cm³/mol. The molecule has 0 aliphatic heterocycles. The fraction of sp³-hybridized carbons (Fsp3) is 0.378. The lowest BCUT2D eigenvalue weighted by atomic mass is 9.92. The van der Waals surface area contributed by atoms with Gasteiger partial charge in [-0.3, -0.25) is 57.1 Å². The molecular weight excluding hydrogens is 1710 g/mol. The topological polar surface area (TPSA) is 326 Å². The van der Waals surface area contributed by atoms with Crippen molar-refractivity contribution >= 4 is 99.2 Å². The minimum absolute atomic E-state index is 0.00166. The van der Waals surface area contributed by atoms with Gasteiger partial charge in [0.25, 0.3) is 22.2 Å². The predicted octanol–water partition coefficient (Wildman–Crippen LogP) is 20.0. The maximum Gasteiger partial charge on any atom is 0.335 e. The van der Waals surface area contributed by atoms with Gasteiger partial charge in [0.05, 0.1) is 64.8 Å². The third-order valence-corrected chi connectivity index (χ3v) is 21.8. The molecule has 25 nitrogen and oxygen atoms in total. The largest absolute Gasteiger partial charge is 0.495 e. The maximum absolute atomic E-state index is 13.6. The molecule has 0 radical (unpaired) electrons. The molecule has 11 rings (SSSR count). The summed E-state index contributed by atoms with van der Waals surface area (Å²) in [5.74, 6) is -2.03. The summed E-state index contributed by atoms with van der Waals surface area (Å²) in [5.41, 5.74) is 3.15. The number of Topliss-reactive ketones (excluding diaryl/α,β-unsaturated/α-hetero) is 5. The van der Waals surface area contributed by atoms with E-state index in [1.807, 2.05) is 0 Å². The Morgan fingerprint density at radius 2 is 0.709 bits per heavy atom. The molecule has 4 heterocycles. The van der Waals surface area contributed by atoms with Crippen molar-refractivity contribution in [2.24, 2.45) is 10.8 Å². The van der Waals surface area contributed by atoms with Gasteiger partial charge in [-0.15, -0.1) is 6.58 Å². The first kappa shape index (κ1) is 101. The number of methoxy groups -OCH3 is 4. The molecule has 3 unspecified atom stereocenters. The summed E-state index contributed by atoms with van der Waals surface area (Å²) in [6.07, 6.45) is 11.2. The summed E-state index contributed by atoms with van der Waals surface area (Å²) >= 11 is 24.6. The SMILES string of the molecule is C=C(C)CC(C(=O)OC(C)(C)C)n1cc(OC)c(-c2cc(Cl)ccc2C(C)=O)cc1=O.COc1cn(C(CC2(C)CC2)C(=O)Cc2ccc(C(=O)O)cc2)c(=O)cc1-c1cc(Cl)ccc1C(C)=O.COc1cn(C(CC2(C)CC2)C(=O)OC(C)(C)C)c(=O)cc1-c1cc(Cl)ccc1C(C)=O.COc1cn(CC(=O)OC(C)(C)C)c(=O)cc1-c1cc(Cl)ccc1C(C)=O. The summed E-state index contributed by atoms with van der Waals surface area (Å²) in [6.45, 7) is 31.3. The van der Waals surface area contributed by atoms with Crippen LogP contribution in [-0.2, 0) is 46.4 Å². The van der Waals surface area contributed by atoms with E-state index in [2.05, 4.69) is 20.4 Å². The summed E-state index contributed by atoms with van der Waals surface area (Å²) < 4.78 is 43.8. The Bertz CT molecular complexity index is 6000. The van der Waals surface area contributed by atoms with Crippen molar-refractivity contribution in [2.75, 3.05) is 28.4 Å². The van der Waals surface area contributed by atoms with E-state index >= 15 is 0 Å². The molecule has 3 atom stereocenters. The van der Waals surface area contributed by atoms with Gasteiger partial charge in [-0.1, -0.05) is 78.0 Å². The second-order valence-corrected chi connectivity index (χ2v) is 37.0. The third kappa shape index (κ3) is 27.4. The zero-order valence-corrected chi connectivity index (χ0v) is 78.1. The Morgan fingerprint density at radius 1 is 0.409 bits per heavy atom. The normalized spacial score (nSPS) is 13.6. The number of halogens is 4. The van der Waals surface area contributed by atoms with Crippen LogP contribution in [0.2, 0.25) is 20.1 Å². The van der Waals surface area contributed by atoms with Crippen LogP contribution in [0.4, 0.5) is 0 Å². The molecule has 674 valence electrons. The molecule has 0 spiro atoms. The highest BCUT2D eigenvalue weighted by molar-refractivity contribution is 6.32. The third-order valence-electron chi connectivity index (χ3n) is 20.9. The van der Waals surface area contributed by atoms with Gasteiger partial charge in [-0.2, -0.15) is 0 Å². The van der Waals surface area contributed by atoms with E-state index in [9.17, 15) is 62.3 Å². The summed E-state index contributed by atoms with van der Waals surface area (Å²) in [5, 5.41) is 10.8. The first-order chi connectivity index (χ1) is 59.2. The molecule has 2 aliphatic rings. The first-order valence-corrected chi connectivity index (χ1v) is 42.3. The number of carbonyl (C=O) groups is 9. The van der Waals surface area contributed by atoms with Gasteiger partial charge in [0.15, 0.2) is 28.9 Å². The van der Waals surface area contributed by atoms with Crippen LogP contribution in [0, 0.1) is 10.8 Å². The zero-order valence-electron chi connectivity index (χ0n) is 75.1. The van der Waals surface area contributed by atoms with E-state index < -0.39 is 75.5 Å². The molecule has 2 fully saturated rings. The van der Waals surface area contributed by atoms with Gasteiger partial charge in [-0.05, 0) is 265 Å². The fourth-order valence-electron chi connectivity index (χ4n) is 14.1. The van der Waals surface area contributed by atoms with Crippen molar-refractivity contribution in [1.82, 2.24) is 18.3 Å². The highest BCUT2D eigenvalue weighted by atomic mass is 35.5. The summed E-state index contributed by atoms with van der Waals surface area (Å²) in [6, 6.07) is 28.6. The monoisotopic (exact) mass is 1820 g/mol. The van der Waals surface area contributed by atoms with Crippen molar-refractivity contribution in [2.45, 2.75) is 204 Å². The molecule has 1 N–H and O–H groups in total. The Morgan fingerprint density at radius 3 is 1.01 bits per heavy atom. The number of benzene rings is 5. The van der Waals surface area contributed by atoms with Crippen molar-refractivity contribution in [3.63, 3.8) is 0 Å². The molecule has 2 aliphatic carbocycles. The van der Waals surface area contributed by atoms with Crippen molar-refractivity contribution in [3.8, 4) is 67.5 Å². The van der Waals surface area contributed by atoms with E-state index in [1.54, 1.807) is 154 Å². The molecule has 5 aromatic carbocycles. The average molecular weight is 1820 g/mol. The number of carbonyl (C=O) groups excluding carboxylic acids is 8. The highest BCUT2D eigenvalue weighted by Gasteiger charge is 2.44. The Balaban J connectivity index is 0.000000211. The zero-order chi connectivity index (χ0) is 94.6. The van der Waals surface area contributed by atoms with Gasteiger partial charge >= 0.3 is 23.9 Å². The number of rotatable bonds is 29. The standard InChI is InChI=1S/C29H28ClNO6.C25H30ClNO5.C24H28ClNO5.C20H22ClNO5/c1-17(32)21-9-8-20(30)13-22(21)23-14-27(34)31(16-26(23)37-3)24(15-29(2)10-11-29)25(33)12-18-4-6-19(7-5-18)28(35)36;1-15(28)17-8-7-16(26)11-18(17)19-12-22(29)27(14-21(19)31-6)20(13-25(5)9-10-25)23(30)32-24(2,3)4;1-14(2)10-20(23(29)31-24(4,5)6)26-13-21(30-7)19(12-22(26)28)18-11-16(25)8-9-17(18)15(3)27;1-12(23)14-7-6-13(21)8-15(14)16-9-18(24)22(10-17(16)26-5)11-19(25)27-20(2,3)4/h4-9,13-14,16,24H,10-12,15H2,1-3H3,(H,35,36);7-8,11-12,14,20H,9-10,13H2,1-6H3;8-9,11-13,20H,1,10H2,2-7H3;6-10H,11H2,1-5H3. The Kier molecular flexibility index (Phi) is 33.1. The molecule has 127 heavy (non-hydrogen) atoms. The second-order valence-electron chi connectivity index (χ2n) is 35.2. The van der Waals surface area contributed by atoms with Crippen molar-refractivity contribution in [1.29, 1.82) is 0 Å². The van der Waals surface area contributed by atoms with E-state index in [-0.39, 0.29) is 70.3 Å². The van der Waals surface area contributed by atoms with Crippen LogP contribution < -0.4 is 41.2 Å². The number of esters is 3. The smallest absolute Gasteiger partial charge is 0.335 e. The molecule has 4 aromatic heterocycles. The number of aromatic nitrogens is 4. The van der Waals surface area contributed by atoms with Crippen molar-refractivity contribution in [3.05, 3.63) is 253 Å². The number of pyridine rings is 4. The number of aromatic carboxylic acids is 1. The van der Waals surface area contributed by atoms with Crippen molar-refractivity contribution < 1.29 is 81.4 Å². The fourth-order valence-corrected chi connectivity index (χ4v) is 14.8. The van der Waals surface area contributed by atoms with Crippen LogP contribution in [-0.4, -0.2) is 121 Å². The van der Waals surface area contributed by atoms with Gasteiger partial charge in [0.1, 0.15) is 58.4 Å². The number of carboxylic acids is 1. The number of nitrogens with zero attached hydrogens (tertiary/aromatic N) is 4. The number of allylic oxidation sites excluding steroid dienone is 1. The van der Waals surface area contributed by atoms with Crippen LogP contribution >= 0.6 is 46.4 Å². The molecule has 29 heteroatoms. The minimum Gasteiger partial charge on any atom is -0.495 e. The van der Waals surface area contributed by atoms with E-state index in [0.29, 0.717) is 128 Å². The lowest BCUT2D eigenvalue weighted by Gasteiger charge is -2.27. The lowest BCUT2D eigenvalue weighted by molar-refractivity contribution is -0.160. The van der Waals surface area contributed by atoms with Crippen LogP contribution in [0.5, 0.6) is 23.0 Å². The Hall–Kier alpha value is -11.8.